The van der Waals surface area contributed by atoms with Gasteiger partial charge in [-0.25, -0.2) is 0 Å². The lowest BCUT2D eigenvalue weighted by Crippen LogP contribution is -2.42. The minimum atomic E-state index is -0.137. The molecule has 0 saturated carbocycles. The second-order valence-electron chi connectivity index (χ2n) is 6.79. The monoisotopic (exact) mass is 520 g/mol. The molecule has 1 aromatic carbocycles. The van der Waals surface area contributed by atoms with Gasteiger partial charge in [-0.05, 0) is 49.8 Å². The van der Waals surface area contributed by atoms with Gasteiger partial charge in [0.15, 0.2) is 5.96 Å². The number of rotatable bonds is 12. The molecular weight excluding hydrogens is 483 g/mol. The van der Waals surface area contributed by atoms with Gasteiger partial charge in [0.05, 0.1) is 7.11 Å². The van der Waals surface area contributed by atoms with Crippen LogP contribution in [0.25, 0.3) is 0 Å². The fourth-order valence-corrected chi connectivity index (χ4v) is 2.96. The largest absolute Gasteiger partial charge is 0.497 e. The lowest BCUT2D eigenvalue weighted by Gasteiger charge is -2.29. The number of amides is 1. The number of guanidine groups is 1. The van der Waals surface area contributed by atoms with Gasteiger partial charge in [0.2, 0.25) is 0 Å². The summed E-state index contributed by atoms with van der Waals surface area (Å²) >= 11 is 0. The molecule has 0 fully saturated rings. The van der Waals surface area contributed by atoms with Crippen LogP contribution in [0.1, 0.15) is 50.4 Å². The highest BCUT2D eigenvalue weighted by Gasteiger charge is 2.25. The first-order chi connectivity index (χ1) is 13.5. The first kappa shape index (κ1) is 27.5. The lowest BCUT2D eigenvalue weighted by molar-refractivity contribution is 0.0954. The van der Waals surface area contributed by atoms with E-state index in [-0.39, 0.29) is 41.9 Å². The highest BCUT2D eigenvalue weighted by molar-refractivity contribution is 14.0. The number of halogens is 1. The average molecular weight is 520 g/mol. The van der Waals surface area contributed by atoms with Gasteiger partial charge in [0.1, 0.15) is 5.75 Å². The number of aliphatic hydroxyl groups is 1. The highest BCUT2D eigenvalue weighted by atomic mass is 127. The van der Waals surface area contributed by atoms with Crippen LogP contribution in [0.3, 0.4) is 0 Å². The molecule has 7 nitrogen and oxygen atoms in total. The number of aliphatic imine (C=N–C) groups is 1. The SMILES string of the molecule is CCNC(=NCC(CC)(CC)CCO)NCCNC(=O)c1cccc(OC)c1.I. The maximum absolute atomic E-state index is 12.2. The molecule has 1 amide bonds. The van der Waals surface area contributed by atoms with Gasteiger partial charge in [-0.3, -0.25) is 9.79 Å². The number of nitrogens with zero attached hydrogens (tertiary/aromatic N) is 1. The lowest BCUT2D eigenvalue weighted by atomic mass is 9.79. The summed E-state index contributed by atoms with van der Waals surface area (Å²) in [6, 6.07) is 7.07. The van der Waals surface area contributed by atoms with E-state index < -0.39 is 0 Å². The Morgan fingerprint density at radius 2 is 1.83 bits per heavy atom. The molecule has 4 N–H and O–H groups in total. The Balaban J connectivity index is 0.00000784. The number of hydrogen-bond donors (Lipinski definition) is 4. The Bertz CT molecular complexity index is 622. The number of methoxy groups -OCH3 is 1. The van der Waals surface area contributed by atoms with Crippen LogP contribution < -0.4 is 20.7 Å². The van der Waals surface area contributed by atoms with Crippen LogP contribution in [0.15, 0.2) is 29.3 Å². The molecule has 0 aliphatic heterocycles. The maximum Gasteiger partial charge on any atom is 0.251 e. The van der Waals surface area contributed by atoms with Crippen molar-refractivity contribution in [1.82, 2.24) is 16.0 Å². The molecule has 0 heterocycles. The van der Waals surface area contributed by atoms with E-state index in [0.717, 1.165) is 31.8 Å². The zero-order valence-electron chi connectivity index (χ0n) is 18.1. The molecule has 29 heavy (non-hydrogen) atoms. The Hall–Kier alpha value is -1.55. The average Bonchev–Trinajstić information content (AvgIpc) is 2.73. The van der Waals surface area contributed by atoms with Crippen LogP contribution in [0.5, 0.6) is 5.75 Å². The summed E-state index contributed by atoms with van der Waals surface area (Å²) < 4.78 is 5.15. The van der Waals surface area contributed by atoms with Crippen molar-refractivity contribution >= 4 is 35.8 Å². The van der Waals surface area contributed by atoms with Gasteiger partial charge in [0, 0.05) is 38.3 Å². The Kier molecular flexibility index (Phi) is 14.5. The standard InChI is InChI=1S/C21H36N4O3.HI/c1-5-21(6-2,11-14-26)16-25-20(22-7-3)24-13-12-23-19(27)17-9-8-10-18(15-17)28-4;/h8-10,15,26H,5-7,11-14,16H2,1-4H3,(H,23,27)(H2,22,24,25);1H. The second-order valence-corrected chi connectivity index (χ2v) is 6.79. The van der Waals surface area contributed by atoms with E-state index >= 15 is 0 Å². The third kappa shape index (κ3) is 9.66. The van der Waals surface area contributed by atoms with Crippen LogP contribution in [-0.4, -0.2) is 56.9 Å². The number of ether oxygens (including phenoxy) is 1. The second kappa shape index (κ2) is 15.3. The predicted octanol–water partition coefficient (Wildman–Crippen LogP) is 2.79. The molecule has 0 aliphatic rings. The fourth-order valence-electron chi connectivity index (χ4n) is 2.96. The quantitative estimate of drug-likeness (QED) is 0.147. The summed E-state index contributed by atoms with van der Waals surface area (Å²) in [5.41, 5.74) is 0.595. The first-order valence-electron chi connectivity index (χ1n) is 10.1. The zero-order valence-corrected chi connectivity index (χ0v) is 20.4. The van der Waals surface area contributed by atoms with Crippen molar-refractivity contribution in [1.29, 1.82) is 0 Å². The minimum absolute atomic E-state index is 0. The van der Waals surface area contributed by atoms with E-state index in [9.17, 15) is 9.90 Å². The number of nitrogens with one attached hydrogen (secondary N) is 3. The van der Waals surface area contributed by atoms with Crippen LogP contribution in [0.4, 0.5) is 0 Å². The normalized spacial score (nSPS) is 11.4. The number of carbonyl (C=O) groups is 1. The van der Waals surface area contributed by atoms with Gasteiger partial charge in [-0.2, -0.15) is 0 Å². The van der Waals surface area contributed by atoms with Gasteiger partial charge in [0.25, 0.3) is 5.91 Å². The van der Waals surface area contributed by atoms with E-state index in [1.807, 2.05) is 6.92 Å². The van der Waals surface area contributed by atoms with E-state index in [1.54, 1.807) is 31.4 Å². The summed E-state index contributed by atoms with van der Waals surface area (Å²) in [6.07, 6.45) is 2.70. The molecule has 0 aliphatic carbocycles. The highest BCUT2D eigenvalue weighted by Crippen LogP contribution is 2.30. The van der Waals surface area contributed by atoms with Crippen molar-refractivity contribution in [2.24, 2.45) is 10.4 Å². The molecule has 0 saturated heterocycles. The van der Waals surface area contributed by atoms with E-state index in [1.165, 1.54) is 0 Å². The molecule has 0 aromatic heterocycles. The van der Waals surface area contributed by atoms with Crippen molar-refractivity contribution < 1.29 is 14.6 Å². The smallest absolute Gasteiger partial charge is 0.251 e. The summed E-state index contributed by atoms with van der Waals surface area (Å²) in [5, 5.41) is 18.7. The van der Waals surface area contributed by atoms with E-state index in [4.69, 9.17) is 9.73 Å². The summed E-state index contributed by atoms with van der Waals surface area (Å²) in [4.78, 5) is 16.9. The fraction of sp³-hybridized carbons (Fsp3) is 0.619. The first-order valence-corrected chi connectivity index (χ1v) is 10.1. The van der Waals surface area contributed by atoms with Crippen molar-refractivity contribution in [2.75, 3.05) is 39.9 Å². The van der Waals surface area contributed by atoms with Crippen LogP contribution >= 0.6 is 24.0 Å². The molecule has 0 radical (unpaired) electrons. The van der Waals surface area contributed by atoms with Crippen LogP contribution in [0, 0.1) is 5.41 Å². The number of hydrogen-bond acceptors (Lipinski definition) is 4. The third-order valence-electron chi connectivity index (χ3n) is 5.09. The molecule has 0 bridgehead atoms. The molecule has 8 heteroatoms. The summed E-state index contributed by atoms with van der Waals surface area (Å²) in [6.45, 7) is 8.93. The topological polar surface area (TPSA) is 95.0 Å². The number of benzene rings is 1. The molecule has 1 rings (SSSR count). The number of aliphatic hydroxyl groups excluding tert-OH is 1. The van der Waals surface area contributed by atoms with Crippen LogP contribution in [-0.2, 0) is 0 Å². The van der Waals surface area contributed by atoms with Crippen molar-refractivity contribution in [3.05, 3.63) is 29.8 Å². The molecule has 166 valence electrons. The van der Waals surface area contributed by atoms with E-state index in [2.05, 4.69) is 29.8 Å². The molecule has 1 aromatic rings. The van der Waals surface area contributed by atoms with Gasteiger partial charge >= 0.3 is 0 Å². The molecule has 0 spiro atoms. The maximum atomic E-state index is 12.2. The Morgan fingerprint density at radius 3 is 2.41 bits per heavy atom. The number of carbonyl (C=O) groups excluding carboxylic acids is 1. The zero-order chi connectivity index (χ0) is 20.8. The summed E-state index contributed by atoms with van der Waals surface area (Å²) in [5.74, 6) is 1.24. The van der Waals surface area contributed by atoms with Crippen molar-refractivity contribution in [3.8, 4) is 5.75 Å². The van der Waals surface area contributed by atoms with Crippen molar-refractivity contribution in [2.45, 2.75) is 40.0 Å². The Morgan fingerprint density at radius 1 is 1.14 bits per heavy atom. The Labute approximate surface area is 192 Å². The van der Waals surface area contributed by atoms with Gasteiger partial charge in [-0.15, -0.1) is 24.0 Å². The predicted molar refractivity (Wildman–Crippen MR) is 129 cm³/mol. The molecule has 0 unspecified atom stereocenters. The third-order valence-corrected chi connectivity index (χ3v) is 5.09. The molecule has 0 atom stereocenters. The van der Waals surface area contributed by atoms with Gasteiger partial charge < -0.3 is 25.8 Å². The summed E-state index contributed by atoms with van der Waals surface area (Å²) in [7, 11) is 1.58. The minimum Gasteiger partial charge on any atom is -0.497 e. The van der Waals surface area contributed by atoms with E-state index in [0.29, 0.717) is 30.9 Å². The molecular formula is C21H37IN4O3. The van der Waals surface area contributed by atoms with Crippen molar-refractivity contribution in [3.63, 3.8) is 0 Å². The van der Waals surface area contributed by atoms with Crippen LogP contribution in [0.2, 0.25) is 0 Å². The van der Waals surface area contributed by atoms with Gasteiger partial charge in [-0.1, -0.05) is 19.9 Å².